The summed E-state index contributed by atoms with van der Waals surface area (Å²) in [5.74, 6) is 0.521. The maximum Gasteiger partial charge on any atom is 0.259 e. The van der Waals surface area contributed by atoms with Gasteiger partial charge in [0.2, 0.25) is 0 Å². The maximum atomic E-state index is 12.1. The van der Waals surface area contributed by atoms with Crippen LogP contribution in [-0.2, 0) is 4.74 Å². The van der Waals surface area contributed by atoms with Gasteiger partial charge in [0.25, 0.3) is 5.91 Å². The van der Waals surface area contributed by atoms with E-state index in [9.17, 15) is 4.79 Å². The lowest BCUT2D eigenvalue weighted by atomic mass is 10.1. The Balaban J connectivity index is 1.86. The number of rotatable bonds is 4. The molecule has 0 aliphatic carbocycles. The van der Waals surface area contributed by atoms with Crippen LogP contribution in [0.15, 0.2) is 10.7 Å². The van der Waals surface area contributed by atoms with Gasteiger partial charge < -0.3 is 19.3 Å². The Morgan fingerprint density at radius 3 is 2.89 bits per heavy atom. The second-order valence-electron chi connectivity index (χ2n) is 4.38. The summed E-state index contributed by atoms with van der Waals surface area (Å²) in [6.45, 7) is 3.47. The molecular formula is C12H18N2O4. The van der Waals surface area contributed by atoms with E-state index in [2.05, 4.69) is 5.16 Å². The van der Waals surface area contributed by atoms with Gasteiger partial charge in [-0.05, 0) is 19.8 Å². The van der Waals surface area contributed by atoms with Crippen molar-refractivity contribution in [2.75, 3.05) is 26.3 Å². The minimum Gasteiger partial charge on any atom is -0.394 e. The molecule has 2 heterocycles. The lowest BCUT2D eigenvalue weighted by molar-refractivity contribution is -0.00556. The Morgan fingerprint density at radius 2 is 2.33 bits per heavy atom. The van der Waals surface area contributed by atoms with Crippen LogP contribution in [0.1, 0.15) is 29.0 Å². The quantitative estimate of drug-likeness (QED) is 0.851. The summed E-state index contributed by atoms with van der Waals surface area (Å²) in [7, 11) is 0. The third-order valence-corrected chi connectivity index (χ3v) is 3.16. The molecule has 100 valence electrons. The number of hydrogen-bond donors (Lipinski definition) is 1. The van der Waals surface area contributed by atoms with Gasteiger partial charge in [0, 0.05) is 13.1 Å². The summed E-state index contributed by atoms with van der Waals surface area (Å²) < 4.78 is 10.4. The lowest BCUT2D eigenvalue weighted by Crippen LogP contribution is -2.41. The first kappa shape index (κ1) is 13.0. The molecule has 0 aromatic carbocycles. The molecule has 18 heavy (non-hydrogen) atoms. The third kappa shape index (κ3) is 2.88. The van der Waals surface area contributed by atoms with Crippen molar-refractivity contribution < 1.29 is 19.2 Å². The molecule has 6 nitrogen and oxygen atoms in total. The van der Waals surface area contributed by atoms with Gasteiger partial charge in [0.05, 0.1) is 25.5 Å². The van der Waals surface area contributed by atoms with Crippen molar-refractivity contribution in [3.05, 3.63) is 17.5 Å². The molecule has 6 heteroatoms. The van der Waals surface area contributed by atoms with Gasteiger partial charge in [0.1, 0.15) is 11.3 Å². The van der Waals surface area contributed by atoms with Crippen LogP contribution < -0.4 is 0 Å². The monoisotopic (exact) mass is 254 g/mol. The van der Waals surface area contributed by atoms with Gasteiger partial charge in [-0.15, -0.1) is 0 Å². The highest BCUT2D eigenvalue weighted by molar-refractivity contribution is 5.94. The number of amides is 1. The molecule has 1 aromatic rings. The number of piperidine rings is 1. The van der Waals surface area contributed by atoms with Crippen LogP contribution in [-0.4, -0.2) is 53.5 Å². The van der Waals surface area contributed by atoms with Crippen molar-refractivity contribution in [3.8, 4) is 0 Å². The number of likely N-dealkylation sites (tertiary alicyclic amines) is 1. The first-order valence-electron chi connectivity index (χ1n) is 6.15. The normalized spacial score (nSPS) is 17.1. The minimum absolute atomic E-state index is 0.0330. The summed E-state index contributed by atoms with van der Waals surface area (Å²) in [6.07, 6.45) is 3.21. The zero-order valence-electron chi connectivity index (χ0n) is 10.5. The van der Waals surface area contributed by atoms with E-state index in [4.69, 9.17) is 14.4 Å². The van der Waals surface area contributed by atoms with Gasteiger partial charge in [-0.1, -0.05) is 5.16 Å². The number of ether oxygens (including phenoxy) is 1. The second-order valence-corrected chi connectivity index (χ2v) is 4.38. The average Bonchev–Trinajstić information content (AvgIpc) is 2.82. The fourth-order valence-corrected chi connectivity index (χ4v) is 2.12. The first-order valence-corrected chi connectivity index (χ1v) is 6.15. The molecule has 0 spiro atoms. The van der Waals surface area contributed by atoms with E-state index < -0.39 is 0 Å². The predicted octanol–water partition coefficient (Wildman–Crippen LogP) is 0.597. The molecule has 0 radical (unpaired) electrons. The number of aryl methyl sites for hydroxylation is 1. The number of aliphatic hydroxyl groups excluding tert-OH is 1. The van der Waals surface area contributed by atoms with Gasteiger partial charge >= 0.3 is 0 Å². The molecular weight excluding hydrogens is 236 g/mol. The third-order valence-electron chi connectivity index (χ3n) is 3.16. The Hall–Kier alpha value is -1.40. The van der Waals surface area contributed by atoms with Gasteiger partial charge in [-0.25, -0.2) is 0 Å². The van der Waals surface area contributed by atoms with Crippen molar-refractivity contribution in [3.63, 3.8) is 0 Å². The summed E-state index contributed by atoms with van der Waals surface area (Å²) >= 11 is 0. The van der Waals surface area contributed by atoms with Crippen molar-refractivity contribution in [1.29, 1.82) is 0 Å². The topological polar surface area (TPSA) is 75.8 Å². The van der Waals surface area contributed by atoms with E-state index in [1.165, 1.54) is 6.20 Å². The van der Waals surface area contributed by atoms with E-state index in [1.54, 1.807) is 11.8 Å². The van der Waals surface area contributed by atoms with E-state index in [1.807, 2.05) is 0 Å². The summed E-state index contributed by atoms with van der Waals surface area (Å²) in [5, 5.41) is 12.3. The zero-order chi connectivity index (χ0) is 13.0. The van der Waals surface area contributed by atoms with Crippen LogP contribution in [0.25, 0.3) is 0 Å². The second kappa shape index (κ2) is 5.97. The molecule has 0 bridgehead atoms. The summed E-state index contributed by atoms with van der Waals surface area (Å²) in [4.78, 5) is 13.9. The fraction of sp³-hybridized carbons (Fsp3) is 0.667. The average molecular weight is 254 g/mol. The number of hydrogen-bond acceptors (Lipinski definition) is 5. The largest absolute Gasteiger partial charge is 0.394 e. The molecule has 1 aliphatic heterocycles. The zero-order valence-corrected chi connectivity index (χ0v) is 10.5. The van der Waals surface area contributed by atoms with E-state index in [0.717, 1.165) is 12.8 Å². The van der Waals surface area contributed by atoms with Crippen molar-refractivity contribution >= 4 is 5.91 Å². The molecule has 1 fully saturated rings. The number of nitrogens with zero attached hydrogens (tertiary/aromatic N) is 2. The highest BCUT2D eigenvalue weighted by Crippen LogP contribution is 2.17. The maximum absolute atomic E-state index is 12.1. The van der Waals surface area contributed by atoms with Crippen molar-refractivity contribution in [2.45, 2.75) is 25.9 Å². The molecule has 1 saturated heterocycles. The van der Waals surface area contributed by atoms with Crippen LogP contribution in [0.4, 0.5) is 0 Å². The fourth-order valence-electron chi connectivity index (χ4n) is 2.12. The van der Waals surface area contributed by atoms with Crippen LogP contribution in [0.2, 0.25) is 0 Å². The highest BCUT2D eigenvalue weighted by atomic mass is 16.5. The molecule has 1 amide bonds. The van der Waals surface area contributed by atoms with E-state index >= 15 is 0 Å². The van der Waals surface area contributed by atoms with Gasteiger partial charge in [0.15, 0.2) is 0 Å². The molecule has 1 aliphatic rings. The first-order chi connectivity index (χ1) is 8.72. The SMILES string of the molecule is Cc1oncc1C(=O)N1CCC(OCCO)CC1. The predicted molar refractivity (Wildman–Crippen MR) is 63.2 cm³/mol. The number of carbonyl (C=O) groups excluding carboxylic acids is 1. The smallest absolute Gasteiger partial charge is 0.259 e. The highest BCUT2D eigenvalue weighted by Gasteiger charge is 2.25. The number of aliphatic hydroxyl groups is 1. The van der Waals surface area contributed by atoms with Crippen LogP contribution in [0, 0.1) is 6.92 Å². The summed E-state index contributed by atoms with van der Waals surface area (Å²) in [5.41, 5.74) is 0.532. The van der Waals surface area contributed by atoms with Crippen LogP contribution in [0.3, 0.4) is 0 Å². The molecule has 0 atom stereocenters. The molecule has 0 unspecified atom stereocenters. The number of carbonyl (C=O) groups is 1. The van der Waals surface area contributed by atoms with Crippen LogP contribution in [0.5, 0.6) is 0 Å². The Labute approximate surface area is 106 Å². The molecule has 0 saturated carbocycles. The summed E-state index contributed by atoms with van der Waals surface area (Å²) in [6, 6.07) is 0. The molecule has 1 aromatic heterocycles. The molecule has 2 rings (SSSR count). The Bertz CT molecular complexity index is 397. The van der Waals surface area contributed by atoms with Crippen molar-refractivity contribution in [2.24, 2.45) is 0 Å². The van der Waals surface area contributed by atoms with Gasteiger partial charge in [-0.3, -0.25) is 4.79 Å². The van der Waals surface area contributed by atoms with Crippen molar-refractivity contribution in [1.82, 2.24) is 10.1 Å². The van der Waals surface area contributed by atoms with Gasteiger partial charge in [-0.2, -0.15) is 0 Å². The Kier molecular flexibility index (Phi) is 4.33. The minimum atomic E-state index is -0.0330. The van der Waals surface area contributed by atoms with E-state index in [-0.39, 0.29) is 18.6 Å². The standard InChI is InChI=1S/C12H18N2O4/c1-9-11(8-13-18-9)12(16)14-4-2-10(3-5-14)17-7-6-15/h8,10,15H,2-7H2,1H3. The Morgan fingerprint density at radius 1 is 1.61 bits per heavy atom. The lowest BCUT2D eigenvalue weighted by Gasteiger charge is -2.31. The molecule has 1 N–H and O–H groups in total. The number of aromatic nitrogens is 1. The van der Waals surface area contributed by atoms with Crippen LogP contribution >= 0.6 is 0 Å². The van der Waals surface area contributed by atoms with E-state index in [0.29, 0.717) is 31.0 Å².